The van der Waals surface area contributed by atoms with E-state index in [9.17, 15) is 26.9 Å². The lowest BCUT2D eigenvalue weighted by atomic mass is 9.92. The average Bonchev–Trinajstić information content (AvgIpc) is 3.21. The second-order valence-electron chi connectivity index (χ2n) is 14.5. The van der Waals surface area contributed by atoms with Gasteiger partial charge in [0.25, 0.3) is 26.3 Å². The van der Waals surface area contributed by atoms with E-state index in [-0.39, 0.29) is 25.7 Å². The van der Waals surface area contributed by atoms with E-state index in [4.69, 9.17) is 29.2 Å². The Morgan fingerprint density at radius 2 is 1.20 bits per heavy atom. The average molecular weight is 855 g/mol. The quantitative estimate of drug-likeness (QED) is 0.0955. The minimum atomic E-state index is -3.77. The number of nitriles is 1. The summed E-state index contributed by atoms with van der Waals surface area (Å²) < 4.78 is 72.9. The van der Waals surface area contributed by atoms with Crippen molar-refractivity contribution in [3.05, 3.63) is 47.8 Å². The van der Waals surface area contributed by atoms with Gasteiger partial charge < -0.3 is 34.1 Å². The number of nitrogens with zero attached hydrogens (tertiary/aromatic N) is 5. The van der Waals surface area contributed by atoms with Gasteiger partial charge in [-0.2, -0.15) is 22.1 Å². The molecular formula is C38H50N10O9S2. The number of benzene rings is 2. The Labute approximate surface area is 343 Å². The van der Waals surface area contributed by atoms with Gasteiger partial charge in [-0.1, -0.05) is 0 Å². The van der Waals surface area contributed by atoms with Gasteiger partial charge in [0, 0.05) is 74.6 Å². The van der Waals surface area contributed by atoms with Crippen LogP contribution in [-0.4, -0.2) is 100 Å². The molecule has 0 atom stereocenters. The van der Waals surface area contributed by atoms with Crippen molar-refractivity contribution in [2.75, 3.05) is 77.1 Å². The van der Waals surface area contributed by atoms with Gasteiger partial charge in [0.2, 0.25) is 0 Å². The molecule has 2 aromatic heterocycles. The number of carbonyl (C=O) groups is 1. The highest BCUT2D eigenvalue weighted by molar-refractivity contribution is 7.87. The summed E-state index contributed by atoms with van der Waals surface area (Å²) >= 11 is 0. The highest BCUT2D eigenvalue weighted by Gasteiger charge is 2.28. The summed E-state index contributed by atoms with van der Waals surface area (Å²) in [5.41, 5.74) is 3.31. The van der Waals surface area contributed by atoms with Crippen LogP contribution in [0.3, 0.4) is 0 Å². The lowest BCUT2D eigenvalue weighted by Gasteiger charge is -2.35. The van der Waals surface area contributed by atoms with Gasteiger partial charge in [0.15, 0.2) is 29.7 Å². The molecule has 21 heteroatoms. The Hall–Kier alpha value is -5.24. The van der Waals surface area contributed by atoms with Crippen LogP contribution in [0.25, 0.3) is 21.8 Å². The summed E-state index contributed by atoms with van der Waals surface area (Å²) in [6.45, 7) is 2.82. The van der Waals surface area contributed by atoms with Gasteiger partial charge in [0.1, 0.15) is 6.07 Å². The SMILES string of the molecule is COc1cc2ncc(C(=O)NCOc3cc4ncc(C#N)c(N5CCC(CCNS(N)(=O)=O)CC5)c4cc3OC)c(N3CCC(CCNS(N)(=O)=O)CC3)c2cc1OC. The molecule has 2 saturated heterocycles. The van der Waals surface area contributed by atoms with Gasteiger partial charge in [-0.15, -0.1) is 0 Å². The smallest absolute Gasteiger partial charge is 0.274 e. The summed E-state index contributed by atoms with van der Waals surface area (Å²) in [5.74, 6) is 1.82. The molecule has 0 aliphatic carbocycles. The molecular weight excluding hydrogens is 805 g/mol. The Kier molecular flexibility index (Phi) is 13.8. The number of aromatic nitrogens is 2. The minimum Gasteiger partial charge on any atom is -0.493 e. The van der Waals surface area contributed by atoms with Gasteiger partial charge in [-0.25, -0.2) is 19.7 Å². The summed E-state index contributed by atoms with van der Waals surface area (Å²) in [4.78, 5) is 27.4. The number of nitrogens with two attached hydrogens (primary N) is 2. The first-order valence-electron chi connectivity index (χ1n) is 19.1. The lowest BCUT2D eigenvalue weighted by molar-refractivity contribution is 0.0918. The first-order valence-corrected chi connectivity index (χ1v) is 22.2. The largest absolute Gasteiger partial charge is 0.493 e. The highest BCUT2D eigenvalue weighted by Crippen LogP contribution is 2.41. The van der Waals surface area contributed by atoms with Crippen molar-refractivity contribution in [2.45, 2.75) is 38.5 Å². The van der Waals surface area contributed by atoms with E-state index in [0.29, 0.717) is 107 Å². The zero-order valence-corrected chi connectivity index (χ0v) is 34.8. The normalized spacial score (nSPS) is 15.6. The maximum atomic E-state index is 14.0. The van der Waals surface area contributed by atoms with E-state index >= 15 is 0 Å². The monoisotopic (exact) mass is 854 g/mol. The molecule has 2 fully saturated rings. The third-order valence-electron chi connectivity index (χ3n) is 10.9. The van der Waals surface area contributed by atoms with Crippen LogP contribution in [-0.2, 0) is 20.4 Å². The van der Waals surface area contributed by atoms with Crippen LogP contribution in [0.4, 0.5) is 11.4 Å². The van der Waals surface area contributed by atoms with Crippen LogP contribution >= 0.6 is 0 Å². The number of methoxy groups -OCH3 is 3. The van der Waals surface area contributed by atoms with Gasteiger partial charge in [-0.05, 0) is 62.5 Å². The summed E-state index contributed by atoms with van der Waals surface area (Å²) in [6, 6.07) is 9.32. The van der Waals surface area contributed by atoms with Crippen molar-refractivity contribution in [2.24, 2.45) is 22.1 Å². The maximum Gasteiger partial charge on any atom is 0.274 e. The fraction of sp³-hybridized carbons (Fsp3) is 0.474. The van der Waals surface area contributed by atoms with Crippen molar-refractivity contribution in [3.63, 3.8) is 0 Å². The van der Waals surface area contributed by atoms with Crippen molar-refractivity contribution < 1.29 is 40.6 Å². The number of piperidine rings is 2. The molecule has 2 aromatic carbocycles. The molecule has 0 spiro atoms. The Morgan fingerprint density at radius 3 is 1.71 bits per heavy atom. The second-order valence-corrected chi connectivity index (χ2v) is 17.3. The van der Waals surface area contributed by atoms with E-state index in [0.717, 1.165) is 31.4 Å². The molecule has 6 rings (SSSR count). The minimum absolute atomic E-state index is 0.222. The van der Waals surface area contributed by atoms with Crippen molar-refractivity contribution in [3.8, 4) is 29.1 Å². The molecule has 0 saturated carbocycles. The number of pyridine rings is 2. The fourth-order valence-corrected chi connectivity index (χ4v) is 8.67. The zero-order chi connectivity index (χ0) is 42.3. The van der Waals surface area contributed by atoms with Crippen molar-refractivity contribution >= 4 is 59.5 Å². The van der Waals surface area contributed by atoms with Crippen LogP contribution in [0.2, 0.25) is 0 Å². The fourth-order valence-electron chi connectivity index (χ4n) is 7.87. The first kappa shape index (κ1) is 43.3. The number of nitrogens with one attached hydrogen (secondary N) is 3. The van der Waals surface area contributed by atoms with Gasteiger partial charge in [0.05, 0.1) is 54.9 Å². The van der Waals surface area contributed by atoms with E-state index in [1.807, 2.05) is 6.07 Å². The number of anilines is 2. The number of fused-ring (bicyclic) bond motifs is 2. The van der Waals surface area contributed by atoms with Crippen LogP contribution in [0, 0.1) is 23.2 Å². The van der Waals surface area contributed by atoms with E-state index in [1.54, 1.807) is 25.3 Å². The van der Waals surface area contributed by atoms with Crippen LogP contribution in [0.5, 0.6) is 23.0 Å². The Bertz CT molecular complexity index is 2430. The zero-order valence-electron chi connectivity index (χ0n) is 33.2. The van der Waals surface area contributed by atoms with Crippen LogP contribution in [0.1, 0.15) is 54.4 Å². The summed E-state index contributed by atoms with van der Waals surface area (Å²) in [5, 5.41) is 24.5. The van der Waals surface area contributed by atoms with E-state index in [2.05, 4.69) is 40.6 Å². The topological polar surface area (TPSA) is 266 Å². The molecule has 0 unspecified atom stereocenters. The molecule has 1 amide bonds. The van der Waals surface area contributed by atoms with Crippen LogP contribution in [0.15, 0.2) is 36.7 Å². The number of ether oxygens (including phenoxy) is 4. The predicted octanol–water partition coefficient (Wildman–Crippen LogP) is 2.25. The Morgan fingerprint density at radius 1 is 0.746 bits per heavy atom. The van der Waals surface area contributed by atoms with E-state index < -0.39 is 26.3 Å². The third-order valence-corrected chi connectivity index (χ3v) is 12.1. The molecule has 4 aromatic rings. The van der Waals surface area contributed by atoms with Crippen molar-refractivity contribution in [1.29, 1.82) is 5.26 Å². The van der Waals surface area contributed by atoms with Crippen molar-refractivity contribution in [1.82, 2.24) is 24.7 Å². The molecule has 0 radical (unpaired) electrons. The van der Waals surface area contributed by atoms with Gasteiger partial charge in [-0.3, -0.25) is 14.8 Å². The molecule has 2 aliphatic rings. The molecule has 0 bridgehead atoms. The van der Waals surface area contributed by atoms with E-state index in [1.165, 1.54) is 26.6 Å². The summed E-state index contributed by atoms with van der Waals surface area (Å²) in [7, 11) is -2.93. The molecule has 4 heterocycles. The Balaban J connectivity index is 1.19. The first-order chi connectivity index (χ1) is 28.2. The second kappa shape index (κ2) is 18.8. The number of carbonyl (C=O) groups excluding carboxylic acids is 1. The number of hydrogen-bond donors (Lipinski definition) is 5. The molecule has 318 valence electrons. The molecule has 59 heavy (non-hydrogen) atoms. The molecule has 2 aliphatic heterocycles. The number of rotatable bonds is 17. The van der Waals surface area contributed by atoms with Gasteiger partial charge >= 0.3 is 0 Å². The third kappa shape index (κ3) is 10.7. The number of hydrogen-bond acceptors (Lipinski definition) is 14. The maximum absolute atomic E-state index is 14.0. The summed E-state index contributed by atoms with van der Waals surface area (Å²) in [6.07, 6.45) is 7.48. The number of amides is 1. The molecule has 19 nitrogen and oxygen atoms in total. The standard InChI is InChI=1S/C38H50N10O9S2/c1-54-32-17-28-30(18-34(32)56-3)43-22-29(37(28)48-14-8-25(9-15-48)5-11-46-59(41,52)53)38(49)44-23-57-35-19-31-27(16-33(35)55-2)36(26(20-39)21-42-31)47-12-6-24(7-13-47)4-10-45-58(40,50)51/h16-19,21-22,24-25,45-46H,4-15,23H2,1-3H3,(H,44,49)(H2,40,50,51)(H2,41,52,53). The predicted molar refractivity (Wildman–Crippen MR) is 222 cm³/mol. The highest BCUT2D eigenvalue weighted by atomic mass is 32.2. The molecule has 7 N–H and O–H groups in total. The lowest BCUT2D eigenvalue weighted by Crippen LogP contribution is -2.38. The van der Waals surface area contributed by atoms with Crippen LogP contribution < -0.4 is 53.8 Å².